The third-order valence-electron chi connectivity index (χ3n) is 1.52. The van der Waals surface area contributed by atoms with Crippen LogP contribution in [0.15, 0.2) is 0 Å². The molecule has 0 bridgehead atoms. The van der Waals surface area contributed by atoms with E-state index in [4.69, 9.17) is 10.2 Å². The fourth-order valence-electron chi connectivity index (χ4n) is 0.724. The Morgan fingerprint density at radius 3 is 1.07 bits per heavy atom. The zero-order chi connectivity index (χ0) is 9.66. The van der Waals surface area contributed by atoms with Gasteiger partial charge in [0, 0.05) is 34.9 Å². The van der Waals surface area contributed by atoms with Gasteiger partial charge in [-0.1, -0.05) is 39.5 Å². The van der Waals surface area contributed by atoms with Crippen LogP contribution in [0.3, 0.4) is 0 Å². The van der Waals surface area contributed by atoms with Crippen molar-refractivity contribution >= 4 is 0 Å². The number of hydrogen-bond acceptors (Lipinski definition) is 2. The van der Waals surface area contributed by atoms with Crippen LogP contribution < -0.4 is 12.4 Å². The molecule has 2 nitrogen and oxygen atoms in total. The van der Waals surface area contributed by atoms with Crippen molar-refractivity contribution in [2.75, 3.05) is 13.2 Å². The van der Waals surface area contributed by atoms with Gasteiger partial charge in [0.1, 0.15) is 0 Å². The summed E-state index contributed by atoms with van der Waals surface area (Å²) in [6.45, 7) is 4.95. The van der Waals surface area contributed by atoms with Gasteiger partial charge >= 0.3 is 0 Å². The second-order valence-electron chi connectivity index (χ2n) is 2.86. The van der Waals surface area contributed by atoms with Gasteiger partial charge in [-0.3, -0.25) is 0 Å². The molecule has 0 radical (unpaired) electrons. The maximum Gasteiger partial charge on any atom is 0.0431 e. The van der Waals surface area contributed by atoms with E-state index < -0.39 is 0 Å². The first-order chi connectivity index (χ1) is 5.83. The van der Waals surface area contributed by atoms with Gasteiger partial charge in [0.05, 0.1) is 0 Å². The molecule has 0 aromatic heterocycles. The summed E-state index contributed by atoms with van der Waals surface area (Å²) in [7, 11) is 0. The first kappa shape index (κ1) is 24.2. The summed E-state index contributed by atoms with van der Waals surface area (Å²) in [5.41, 5.74) is 0. The Balaban J connectivity index is -0.0000000625. The van der Waals surface area contributed by atoms with Crippen LogP contribution in [0.5, 0.6) is 0 Å². The molecule has 14 heavy (non-hydrogen) atoms. The molecule has 0 unspecified atom stereocenters. The normalized spacial score (nSPS) is 7.71. The molecule has 0 fully saturated rings. The summed E-state index contributed by atoms with van der Waals surface area (Å²) in [5, 5.41) is 16.4. The van der Waals surface area contributed by atoms with Crippen molar-refractivity contribution in [1.29, 1.82) is 0 Å². The van der Waals surface area contributed by atoms with Crippen molar-refractivity contribution in [2.24, 2.45) is 0 Å². The predicted molar refractivity (Wildman–Crippen MR) is 53.2 cm³/mol. The summed E-state index contributed by atoms with van der Waals surface area (Å²) >= 11 is 0. The van der Waals surface area contributed by atoms with Crippen LogP contribution in [0.25, 0.3) is 0 Å². The summed E-state index contributed by atoms with van der Waals surface area (Å²) in [5.74, 6) is 0. The minimum absolute atomic E-state index is 0. The van der Waals surface area contributed by atoms with Gasteiger partial charge in [0.25, 0.3) is 0 Å². The van der Waals surface area contributed by atoms with Crippen LogP contribution in [0.1, 0.15) is 52.4 Å². The Labute approximate surface area is 110 Å². The number of rotatable bonds is 6. The quantitative estimate of drug-likeness (QED) is 0.491. The molecule has 0 rings (SSSR count). The molecule has 0 spiro atoms. The first-order valence-corrected chi connectivity index (χ1v) is 5.05. The van der Waals surface area contributed by atoms with Gasteiger partial charge in [0.15, 0.2) is 0 Å². The largest absolute Gasteiger partial charge is 1.00 e. The number of halogens is 1. The Morgan fingerprint density at radius 2 is 1.00 bits per heavy atom. The van der Waals surface area contributed by atoms with Gasteiger partial charge in [-0.25, -0.2) is 0 Å². The second kappa shape index (κ2) is 29.2. The Bertz CT molecular complexity index is 50.1. The third kappa shape index (κ3) is 38.3. The average Bonchev–Trinajstić information content (AvgIpc) is 2.12. The van der Waals surface area contributed by atoms with Crippen molar-refractivity contribution in [3.8, 4) is 0 Å². The van der Waals surface area contributed by atoms with E-state index in [1.54, 1.807) is 0 Å². The molecule has 0 atom stereocenters. The molecule has 0 saturated carbocycles. The first-order valence-electron chi connectivity index (χ1n) is 5.05. The molecular weight excluding hydrogens is 235 g/mol. The molecule has 0 aliphatic rings. The van der Waals surface area contributed by atoms with Crippen LogP contribution in [-0.4, -0.2) is 23.4 Å². The maximum atomic E-state index is 8.20. The van der Waals surface area contributed by atoms with Crippen molar-refractivity contribution in [3.63, 3.8) is 0 Å². The van der Waals surface area contributed by atoms with Crippen LogP contribution in [0, 0.1) is 0 Å². The zero-order valence-electron chi connectivity index (χ0n) is 9.43. The summed E-state index contributed by atoms with van der Waals surface area (Å²) in [6.07, 6.45) is 6.65. The van der Waals surface area contributed by atoms with Crippen molar-refractivity contribution < 1.29 is 44.3 Å². The molecule has 2 N–H and O–H groups in total. The van der Waals surface area contributed by atoms with E-state index in [1.165, 1.54) is 12.8 Å². The van der Waals surface area contributed by atoms with Crippen LogP contribution in [-0.2, 0) is 21.7 Å². The second-order valence-corrected chi connectivity index (χ2v) is 2.86. The standard InChI is InChI=1S/2C5H12O.ClH.Ti/c2*1-2-3-4-5-6;;/h2*6H,2-5H2,1H3;1H;/p-1. The summed E-state index contributed by atoms with van der Waals surface area (Å²) in [4.78, 5) is 0. The topological polar surface area (TPSA) is 40.5 Å². The summed E-state index contributed by atoms with van der Waals surface area (Å²) < 4.78 is 0. The fraction of sp³-hybridized carbons (Fsp3) is 1.00. The number of aliphatic hydroxyl groups is 2. The summed E-state index contributed by atoms with van der Waals surface area (Å²) in [6, 6.07) is 0. The van der Waals surface area contributed by atoms with Crippen molar-refractivity contribution in [3.05, 3.63) is 0 Å². The number of aliphatic hydroxyl groups excluding tert-OH is 2. The van der Waals surface area contributed by atoms with Gasteiger partial charge in [-0.05, 0) is 12.8 Å². The van der Waals surface area contributed by atoms with Crippen molar-refractivity contribution in [1.82, 2.24) is 0 Å². The molecule has 88 valence electrons. The van der Waals surface area contributed by atoms with E-state index in [1.807, 2.05) is 0 Å². The minimum atomic E-state index is 0. The maximum absolute atomic E-state index is 8.20. The zero-order valence-corrected chi connectivity index (χ0v) is 11.7. The van der Waals surface area contributed by atoms with Gasteiger partial charge in [0.2, 0.25) is 0 Å². The smallest absolute Gasteiger partial charge is 0.0431 e. The average molecular weight is 260 g/mol. The molecule has 0 aromatic rings. The number of unbranched alkanes of at least 4 members (excludes halogenated alkanes) is 4. The van der Waals surface area contributed by atoms with E-state index in [-0.39, 0.29) is 34.1 Å². The SMILES string of the molecule is CCCCCO.CCCCCO.[Cl-].[Ti]. The van der Waals surface area contributed by atoms with E-state index in [0.717, 1.165) is 25.7 Å². The minimum Gasteiger partial charge on any atom is -1.00 e. The molecule has 0 amide bonds. The van der Waals surface area contributed by atoms with Crippen LogP contribution >= 0.6 is 0 Å². The predicted octanol–water partition coefficient (Wildman–Crippen LogP) is -0.661. The molecule has 4 heteroatoms. The Morgan fingerprint density at radius 1 is 0.714 bits per heavy atom. The molecule has 0 heterocycles. The molecular formula is C10H24ClO2Ti-. The van der Waals surface area contributed by atoms with Crippen LogP contribution in [0.4, 0.5) is 0 Å². The van der Waals surface area contributed by atoms with Crippen LogP contribution in [0.2, 0.25) is 0 Å². The molecule has 0 aliphatic carbocycles. The molecule has 0 aliphatic heterocycles. The van der Waals surface area contributed by atoms with Gasteiger partial charge < -0.3 is 22.6 Å². The monoisotopic (exact) mass is 259 g/mol. The molecule has 0 saturated heterocycles. The van der Waals surface area contributed by atoms with Gasteiger partial charge in [-0.15, -0.1) is 0 Å². The number of hydrogen-bond donors (Lipinski definition) is 2. The van der Waals surface area contributed by atoms with E-state index in [2.05, 4.69) is 13.8 Å². The van der Waals surface area contributed by atoms with Gasteiger partial charge in [-0.2, -0.15) is 0 Å². The van der Waals surface area contributed by atoms with E-state index >= 15 is 0 Å². The third-order valence-corrected chi connectivity index (χ3v) is 1.52. The van der Waals surface area contributed by atoms with E-state index in [9.17, 15) is 0 Å². The Hall–Kier alpha value is 0.924. The fourth-order valence-corrected chi connectivity index (χ4v) is 0.724. The van der Waals surface area contributed by atoms with E-state index in [0.29, 0.717) is 13.2 Å². The van der Waals surface area contributed by atoms with Crippen molar-refractivity contribution in [2.45, 2.75) is 52.4 Å². The molecule has 0 aromatic carbocycles. The Kier molecular flexibility index (Phi) is 50.6.